The fourth-order valence-electron chi connectivity index (χ4n) is 3.80. The molecule has 0 N–H and O–H groups in total. The predicted octanol–water partition coefficient (Wildman–Crippen LogP) is 6.68. The molecule has 35 heavy (non-hydrogen) atoms. The molecule has 0 radical (unpaired) electrons. The number of fused-ring (bicyclic) bond motifs is 1. The molecule has 1 heterocycles. The second kappa shape index (κ2) is 9.11. The van der Waals surface area contributed by atoms with Crippen LogP contribution in [0.3, 0.4) is 0 Å². The van der Waals surface area contributed by atoms with Crippen molar-refractivity contribution < 1.29 is 4.92 Å². The van der Waals surface area contributed by atoms with E-state index in [2.05, 4.69) is 10.2 Å². The Morgan fingerprint density at radius 2 is 1.57 bits per heavy atom. The molecule has 0 saturated heterocycles. The van der Waals surface area contributed by atoms with Gasteiger partial charge in [0.1, 0.15) is 5.82 Å². The third kappa shape index (κ3) is 4.32. The lowest BCUT2D eigenvalue weighted by molar-refractivity contribution is -0.384. The first kappa shape index (κ1) is 21.8. The quantitative estimate of drug-likeness (QED) is 0.165. The Bertz CT molecular complexity index is 1640. The highest BCUT2D eigenvalue weighted by Crippen LogP contribution is 2.27. The average Bonchev–Trinajstić information content (AvgIpc) is 2.88. The molecule has 8 nitrogen and oxygen atoms in total. The molecule has 5 rings (SSSR count). The zero-order valence-corrected chi connectivity index (χ0v) is 18.7. The maximum absolute atomic E-state index is 13.5. The summed E-state index contributed by atoms with van der Waals surface area (Å²) in [7, 11) is 0. The highest BCUT2D eigenvalue weighted by atomic mass is 16.6. The van der Waals surface area contributed by atoms with Crippen LogP contribution in [0.15, 0.2) is 112 Å². The molecule has 0 amide bonds. The van der Waals surface area contributed by atoms with E-state index in [-0.39, 0.29) is 11.2 Å². The van der Waals surface area contributed by atoms with Crippen molar-refractivity contribution in [3.05, 3.63) is 123 Å². The van der Waals surface area contributed by atoms with Crippen molar-refractivity contribution in [1.82, 2.24) is 9.55 Å². The van der Waals surface area contributed by atoms with Crippen LogP contribution in [0, 0.1) is 17.0 Å². The summed E-state index contributed by atoms with van der Waals surface area (Å²) in [6.45, 7) is 1.88. The van der Waals surface area contributed by atoms with Gasteiger partial charge in [0, 0.05) is 17.7 Å². The summed E-state index contributed by atoms with van der Waals surface area (Å²) in [5.41, 5.74) is 3.90. The molecule has 5 aromatic rings. The minimum atomic E-state index is -0.461. The monoisotopic (exact) mass is 461 g/mol. The van der Waals surface area contributed by atoms with Crippen molar-refractivity contribution >= 4 is 28.0 Å². The molecule has 4 aromatic carbocycles. The van der Waals surface area contributed by atoms with E-state index in [0.717, 1.165) is 11.1 Å². The van der Waals surface area contributed by atoms with Crippen molar-refractivity contribution in [2.24, 2.45) is 10.2 Å². The Kier molecular flexibility index (Phi) is 5.68. The molecule has 170 valence electrons. The Morgan fingerprint density at radius 3 is 2.29 bits per heavy atom. The molecule has 0 spiro atoms. The Labute approximate surface area is 200 Å². The number of benzene rings is 4. The van der Waals surface area contributed by atoms with Crippen molar-refractivity contribution in [3.8, 4) is 17.1 Å². The molecular formula is C27H19N5O3. The number of nitrogens with zero attached hydrogens (tertiary/aromatic N) is 5. The second-order valence-corrected chi connectivity index (χ2v) is 7.90. The van der Waals surface area contributed by atoms with Crippen molar-refractivity contribution in [2.75, 3.05) is 0 Å². The smallest absolute Gasteiger partial charge is 0.268 e. The van der Waals surface area contributed by atoms with E-state index in [0.29, 0.717) is 33.8 Å². The van der Waals surface area contributed by atoms with Crippen molar-refractivity contribution in [3.63, 3.8) is 0 Å². The van der Waals surface area contributed by atoms with Gasteiger partial charge in [0.05, 0.1) is 32.9 Å². The SMILES string of the molecule is Cc1cc(-n2c(-c3ccccc3)nc3ccccc3c2=O)ccc1N=Nc1ccc([N+](=O)[O-])cc1. The number of azo groups is 1. The summed E-state index contributed by atoms with van der Waals surface area (Å²) >= 11 is 0. The lowest BCUT2D eigenvalue weighted by Crippen LogP contribution is -2.22. The van der Waals surface area contributed by atoms with Crippen molar-refractivity contribution in [2.45, 2.75) is 6.92 Å². The number of nitro groups is 1. The lowest BCUT2D eigenvalue weighted by atomic mass is 10.1. The number of nitro benzene ring substituents is 1. The fraction of sp³-hybridized carbons (Fsp3) is 0.0370. The first-order chi connectivity index (χ1) is 17.0. The second-order valence-electron chi connectivity index (χ2n) is 7.90. The molecule has 0 atom stereocenters. The third-order valence-corrected chi connectivity index (χ3v) is 5.58. The van der Waals surface area contributed by atoms with E-state index in [9.17, 15) is 14.9 Å². The van der Waals surface area contributed by atoms with Gasteiger partial charge in [0.2, 0.25) is 0 Å². The number of rotatable bonds is 5. The first-order valence-electron chi connectivity index (χ1n) is 10.9. The largest absolute Gasteiger partial charge is 0.269 e. The fourth-order valence-corrected chi connectivity index (χ4v) is 3.80. The minimum absolute atomic E-state index is 0.00635. The van der Waals surface area contributed by atoms with Crippen LogP contribution in [-0.2, 0) is 0 Å². The maximum atomic E-state index is 13.5. The van der Waals surface area contributed by atoms with Gasteiger partial charge in [-0.3, -0.25) is 19.5 Å². The zero-order chi connectivity index (χ0) is 24.4. The minimum Gasteiger partial charge on any atom is -0.268 e. The van der Waals surface area contributed by atoms with Crippen LogP contribution in [-0.4, -0.2) is 14.5 Å². The number of non-ortho nitro benzene ring substituents is 1. The van der Waals surface area contributed by atoms with Crippen LogP contribution >= 0.6 is 0 Å². The van der Waals surface area contributed by atoms with Crippen LogP contribution < -0.4 is 5.56 Å². The van der Waals surface area contributed by atoms with Crippen LogP contribution in [0.2, 0.25) is 0 Å². The van der Waals surface area contributed by atoms with Crippen LogP contribution in [0.4, 0.5) is 17.1 Å². The molecule has 0 aliphatic rings. The Balaban J connectivity index is 1.58. The highest BCUT2D eigenvalue weighted by Gasteiger charge is 2.15. The van der Waals surface area contributed by atoms with E-state index in [1.54, 1.807) is 16.7 Å². The van der Waals surface area contributed by atoms with Gasteiger partial charge in [-0.15, -0.1) is 0 Å². The topological polar surface area (TPSA) is 103 Å². The Hall–Kier alpha value is -4.98. The number of para-hydroxylation sites is 1. The first-order valence-corrected chi connectivity index (χ1v) is 10.9. The molecule has 8 heteroatoms. The summed E-state index contributed by atoms with van der Waals surface area (Å²) in [4.78, 5) is 28.7. The Morgan fingerprint density at radius 1 is 0.857 bits per heavy atom. The van der Waals surface area contributed by atoms with Gasteiger partial charge in [-0.25, -0.2) is 4.98 Å². The molecule has 0 bridgehead atoms. The maximum Gasteiger partial charge on any atom is 0.269 e. The van der Waals surface area contributed by atoms with Gasteiger partial charge in [-0.2, -0.15) is 10.2 Å². The van der Waals surface area contributed by atoms with Gasteiger partial charge < -0.3 is 0 Å². The van der Waals surface area contributed by atoms with Crippen LogP contribution in [0.5, 0.6) is 0 Å². The summed E-state index contributed by atoms with van der Waals surface area (Å²) in [5.74, 6) is 0.550. The number of aryl methyl sites for hydroxylation is 1. The molecule has 0 aliphatic heterocycles. The van der Waals surface area contributed by atoms with Gasteiger partial charge in [-0.05, 0) is 55.0 Å². The zero-order valence-electron chi connectivity index (χ0n) is 18.7. The van der Waals surface area contributed by atoms with Crippen LogP contribution in [0.25, 0.3) is 28.0 Å². The molecule has 0 aliphatic carbocycles. The van der Waals surface area contributed by atoms with E-state index < -0.39 is 4.92 Å². The molecule has 0 fully saturated rings. The number of aromatic nitrogens is 2. The third-order valence-electron chi connectivity index (χ3n) is 5.58. The highest BCUT2D eigenvalue weighted by molar-refractivity contribution is 5.80. The van der Waals surface area contributed by atoms with E-state index in [1.807, 2.05) is 67.6 Å². The molecule has 0 unspecified atom stereocenters. The predicted molar refractivity (Wildman–Crippen MR) is 135 cm³/mol. The van der Waals surface area contributed by atoms with E-state index in [1.165, 1.54) is 24.3 Å². The lowest BCUT2D eigenvalue weighted by Gasteiger charge is -2.15. The summed E-state index contributed by atoms with van der Waals surface area (Å²) in [6, 6.07) is 28.2. The summed E-state index contributed by atoms with van der Waals surface area (Å²) in [6.07, 6.45) is 0. The van der Waals surface area contributed by atoms with Gasteiger partial charge in [-0.1, -0.05) is 42.5 Å². The summed E-state index contributed by atoms with van der Waals surface area (Å²) in [5, 5.41) is 19.8. The van der Waals surface area contributed by atoms with Gasteiger partial charge in [0.15, 0.2) is 0 Å². The van der Waals surface area contributed by atoms with Crippen molar-refractivity contribution in [1.29, 1.82) is 0 Å². The normalized spacial score (nSPS) is 11.2. The standard InChI is InChI=1S/C27H19N5O3/c1-18-17-22(15-16-24(18)30-29-20-11-13-21(14-12-20)32(34)35)31-26(19-7-3-2-4-8-19)28-25-10-6-5-9-23(25)27(31)33/h2-17H,1H3. The summed E-state index contributed by atoms with van der Waals surface area (Å²) < 4.78 is 1.61. The van der Waals surface area contributed by atoms with Gasteiger partial charge in [0.25, 0.3) is 11.2 Å². The molecule has 0 saturated carbocycles. The number of hydrogen-bond donors (Lipinski definition) is 0. The molecule has 1 aromatic heterocycles. The average molecular weight is 461 g/mol. The number of hydrogen-bond acceptors (Lipinski definition) is 6. The van der Waals surface area contributed by atoms with Crippen LogP contribution in [0.1, 0.15) is 5.56 Å². The van der Waals surface area contributed by atoms with Gasteiger partial charge >= 0.3 is 0 Å². The van der Waals surface area contributed by atoms with E-state index >= 15 is 0 Å². The van der Waals surface area contributed by atoms with E-state index in [4.69, 9.17) is 4.98 Å². The molecular weight excluding hydrogens is 442 g/mol.